The van der Waals surface area contributed by atoms with Crippen LogP contribution in [0.4, 0.5) is 5.69 Å². The van der Waals surface area contributed by atoms with E-state index in [1.54, 1.807) is 32.7 Å². The second-order valence-electron chi connectivity index (χ2n) is 6.29. The molecule has 5 nitrogen and oxygen atoms in total. The number of methoxy groups -OCH3 is 2. The molecular weight excluding hydrogens is 409 g/mol. The molecule has 0 saturated carbocycles. The summed E-state index contributed by atoms with van der Waals surface area (Å²) in [5.74, 6) is 1.26. The first-order chi connectivity index (χ1) is 14.0. The molecule has 0 aliphatic heterocycles. The van der Waals surface area contributed by atoms with E-state index in [-0.39, 0.29) is 0 Å². The lowest BCUT2D eigenvalue weighted by Crippen LogP contribution is -2.22. The number of ether oxygens (including phenoxy) is 2. The van der Waals surface area contributed by atoms with E-state index in [2.05, 4.69) is 16.0 Å². The van der Waals surface area contributed by atoms with Gasteiger partial charge >= 0.3 is 0 Å². The average Bonchev–Trinajstić information content (AvgIpc) is 2.75. The van der Waals surface area contributed by atoms with Crippen molar-refractivity contribution < 1.29 is 9.47 Å². The van der Waals surface area contributed by atoms with Crippen molar-refractivity contribution in [3.8, 4) is 17.6 Å². The molecule has 0 aliphatic carbocycles. The number of nitriles is 1. The molecular formula is C22H19Cl2N3O2. The maximum atomic E-state index is 9.21. The van der Waals surface area contributed by atoms with Gasteiger partial charge in [-0.2, -0.15) is 5.26 Å². The summed E-state index contributed by atoms with van der Waals surface area (Å²) in [6.45, 7) is 0.992. The number of rotatable bonds is 7. The normalized spacial score (nSPS) is 10.3. The summed E-state index contributed by atoms with van der Waals surface area (Å²) in [6, 6.07) is 15.4. The number of halogens is 2. The zero-order chi connectivity index (χ0) is 20.8. The topological polar surface area (TPSA) is 58.4 Å². The number of hydrogen-bond acceptors (Lipinski definition) is 5. The quantitative estimate of drug-likeness (QED) is 0.499. The molecule has 0 spiro atoms. The Bertz CT molecular complexity index is 1030. The minimum absolute atomic E-state index is 0.451. The van der Waals surface area contributed by atoms with Crippen LogP contribution in [0.25, 0.3) is 0 Å². The second kappa shape index (κ2) is 9.51. The summed E-state index contributed by atoms with van der Waals surface area (Å²) < 4.78 is 10.8. The molecule has 29 heavy (non-hydrogen) atoms. The molecule has 0 aliphatic rings. The van der Waals surface area contributed by atoms with E-state index in [9.17, 15) is 5.26 Å². The van der Waals surface area contributed by atoms with Crippen molar-refractivity contribution in [2.75, 3.05) is 19.1 Å². The third kappa shape index (κ3) is 4.92. The highest BCUT2D eigenvalue weighted by Crippen LogP contribution is 2.34. The highest BCUT2D eigenvalue weighted by molar-refractivity contribution is 6.35. The largest absolute Gasteiger partial charge is 0.493 e. The van der Waals surface area contributed by atoms with Gasteiger partial charge in [0, 0.05) is 42.8 Å². The minimum Gasteiger partial charge on any atom is -0.493 e. The van der Waals surface area contributed by atoms with E-state index in [0.29, 0.717) is 40.2 Å². The summed E-state index contributed by atoms with van der Waals surface area (Å²) in [5.41, 5.74) is 3.26. The molecule has 3 rings (SSSR count). The van der Waals surface area contributed by atoms with E-state index in [1.165, 1.54) is 0 Å². The van der Waals surface area contributed by atoms with Crippen LogP contribution < -0.4 is 14.4 Å². The lowest BCUT2D eigenvalue weighted by molar-refractivity contribution is 0.355. The summed E-state index contributed by atoms with van der Waals surface area (Å²) >= 11 is 12.7. The second-order valence-corrected chi connectivity index (χ2v) is 7.10. The van der Waals surface area contributed by atoms with Gasteiger partial charge in [0.2, 0.25) is 0 Å². The first-order valence-corrected chi connectivity index (χ1v) is 9.55. The molecule has 1 heterocycles. The lowest BCUT2D eigenvalue weighted by Gasteiger charge is -2.27. The van der Waals surface area contributed by atoms with Gasteiger partial charge in [0.15, 0.2) is 11.5 Å². The highest BCUT2D eigenvalue weighted by Gasteiger charge is 2.16. The molecule has 1 aromatic heterocycles. The first kappa shape index (κ1) is 20.8. The molecule has 3 aromatic rings. The summed E-state index contributed by atoms with van der Waals surface area (Å²) in [5, 5.41) is 10.2. The molecule has 0 saturated heterocycles. The van der Waals surface area contributed by atoms with E-state index in [4.69, 9.17) is 32.7 Å². The van der Waals surface area contributed by atoms with Crippen molar-refractivity contribution in [1.82, 2.24) is 4.98 Å². The molecule has 0 radical (unpaired) electrons. The maximum Gasteiger partial charge on any atom is 0.162 e. The van der Waals surface area contributed by atoms with Crippen molar-refractivity contribution in [2.24, 2.45) is 0 Å². The molecule has 0 atom stereocenters. The third-order valence-corrected chi connectivity index (χ3v) is 5.11. The predicted molar refractivity (Wildman–Crippen MR) is 115 cm³/mol. The monoisotopic (exact) mass is 427 g/mol. The molecule has 0 bridgehead atoms. The Hall–Kier alpha value is -2.94. The van der Waals surface area contributed by atoms with Crippen LogP contribution in [0.15, 0.2) is 54.9 Å². The number of aromatic nitrogens is 1. The Morgan fingerprint density at radius 3 is 2.34 bits per heavy atom. The Labute approximate surface area is 180 Å². The van der Waals surface area contributed by atoms with Gasteiger partial charge in [0.05, 0.1) is 35.9 Å². The van der Waals surface area contributed by atoms with Crippen molar-refractivity contribution in [1.29, 1.82) is 5.26 Å². The Kier molecular flexibility index (Phi) is 6.82. The van der Waals surface area contributed by atoms with Crippen LogP contribution in [0.2, 0.25) is 10.0 Å². The zero-order valence-corrected chi connectivity index (χ0v) is 17.5. The highest BCUT2D eigenvalue weighted by atomic mass is 35.5. The minimum atomic E-state index is 0.451. The fraction of sp³-hybridized carbons (Fsp3) is 0.182. The average molecular weight is 428 g/mol. The van der Waals surface area contributed by atoms with E-state index in [0.717, 1.165) is 16.8 Å². The molecule has 0 fully saturated rings. The van der Waals surface area contributed by atoms with Crippen LogP contribution in [0.1, 0.15) is 16.7 Å². The van der Waals surface area contributed by atoms with Crippen molar-refractivity contribution in [3.63, 3.8) is 0 Å². The summed E-state index contributed by atoms with van der Waals surface area (Å²) in [7, 11) is 3.19. The van der Waals surface area contributed by atoms with Gasteiger partial charge in [-0.1, -0.05) is 35.3 Å². The fourth-order valence-corrected chi connectivity index (χ4v) is 3.48. The predicted octanol–water partition coefficient (Wildman–Crippen LogP) is 5.48. The van der Waals surface area contributed by atoms with Gasteiger partial charge in [-0.05, 0) is 29.8 Å². The zero-order valence-electron chi connectivity index (χ0n) is 16.0. The number of anilines is 1. The number of benzene rings is 2. The Balaban J connectivity index is 2.02. The van der Waals surface area contributed by atoms with Crippen molar-refractivity contribution in [3.05, 3.63) is 81.6 Å². The first-order valence-electron chi connectivity index (χ1n) is 8.79. The van der Waals surface area contributed by atoms with Crippen LogP contribution in [-0.4, -0.2) is 19.2 Å². The van der Waals surface area contributed by atoms with E-state index < -0.39 is 0 Å². The van der Waals surface area contributed by atoms with Gasteiger partial charge in [0.25, 0.3) is 0 Å². The lowest BCUT2D eigenvalue weighted by atomic mass is 10.1. The molecule has 7 heteroatoms. The number of nitrogens with zero attached hydrogens (tertiary/aromatic N) is 3. The fourth-order valence-electron chi connectivity index (χ4n) is 3.00. The van der Waals surface area contributed by atoms with Gasteiger partial charge in [-0.3, -0.25) is 4.98 Å². The molecule has 2 aromatic carbocycles. The van der Waals surface area contributed by atoms with Gasteiger partial charge in [-0.15, -0.1) is 0 Å². The number of hydrogen-bond donors (Lipinski definition) is 0. The van der Waals surface area contributed by atoms with Gasteiger partial charge in [-0.25, -0.2) is 0 Å². The maximum absolute atomic E-state index is 9.21. The number of pyridine rings is 1. The molecule has 0 amide bonds. The standard InChI is InChI=1S/C22H19Cl2N3O2/c1-28-21-7-6-17(9-22(21)29-2)27(13-16-5-3-4-15(8-16)10-25)14-18-19(23)11-26-12-20(18)24/h3-9,11-12H,13-14H2,1-2H3. The Morgan fingerprint density at radius 2 is 1.69 bits per heavy atom. The van der Waals surface area contributed by atoms with Gasteiger partial charge in [0.1, 0.15) is 0 Å². The van der Waals surface area contributed by atoms with Crippen LogP contribution in [-0.2, 0) is 13.1 Å². The molecule has 0 N–H and O–H groups in total. The van der Waals surface area contributed by atoms with Crippen LogP contribution >= 0.6 is 23.2 Å². The smallest absolute Gasteiger partial charge is 0.162 e. The SMILES string of the molecule is COc1ccc(N(Cc2cccc(C#N)c2)Cc2c(Cl)cncc2Cl)cc1OC. The van der Waals surface area contributed by atoms with E-state index in [1.807, 2.05) is 36.4 Å². The van der Waals surface area contributed by atoms with Crippen LogP contribution in [0.5, 0.6) is 11.5 Å². The van der Waals surface area contributed by atoms with Crippen molar-refractivity contribution in [2.45, 2.75) is 13.1 Å². The third-order valence-electron chi connectivity index (χ3n) is 4.46. The Morgan fingerprint density at radius 1 is 0.966 bits per heavy atom. The van der Waals surface area contributed by atoms with Gasteiger partial charge < -0.3 is 14.4 Å². The van der Waals surface area contributed by atoms with Crippen LogP contribution in [0, 0.1) is 11.3 Å². The summed E-state index contributed by atoms with van der Waals surface area (Å²) in [4.78, 5) is 6.13. The van der Waals surface area contributed by atoms with Crippen LogP contribution in [0.3, 0.4) is 0 Å². The molecule has 148 valence electrons. The van der Waals surface area contributed by atoms with E-state index >= 15 is 0 Å². The molecule has 0 unspecified atom stereocenters. The summed E-state index contributed by atoms with van der Waals surface area (Å²) in [6.07, 6.45) is 3.15. The van der Waals surface area contributed by atoms with Crippen molar-refractivity contribution >= 4 is 28.9 Å².